The van der Waals surface area contributed by atoms with Crippen LogP contribution in [-0.4, -0.2) is 42.4 Å². The Bertz CT molecular complexity index is 606. The van der Waals surface area contributed by atoms with Gasteiger partial charge in [0.05, 0.1) is 6.54 Å². The zero-order valence-electron chi connectivity index (χ0n) is 14.1. The van der Waals surface area contributed by atoms with Gasteiger partial charge in [-0.2, -0.15) is 0 Å². The minimum Gasteiger partial charge on any atom is -0.357 e. The molecule has 1 saturated heterocycles. The highest BCUT2D eigenvalue weighted by Gasteiger charge is 2.25. The molecule has 0 aromatic heterocycles. The lowest BCUT2D eigenvalue weighted by atomic mass is 10.2. The summed E-state index contributed by atoms with van der Waals surface area (Å²) >= 11 is 0. The van der Waals surface area contributed by atoms with Crippen LogP contribution in [0.3, 0.4) is 0 Å². The molecule has 0 aliphatic carbocycles. The summed E-state index contributed by atoms with van der Waals surface area (Å²) in [7, 11) is 0. The third kappa shape index (κ3) is 4.91. The highest BCUT2D eigenvalue weighted by Crippen LogP contribution is 2.12. The minimum absolute atomic E-state index is 0.0449. The third-order valence-electron chi connectivity index (χ3n) is 3.94. The maximum Gasteiger partial charge on any atom is 0.222 e. The van der Waals surface area contributed by atoms with Crippen molar-refractivity contribution >= 4 is 11.9 Å². The van der Waals surface area contributed by atoms with Crippen LogP contribution in [0.1, 0.15) is 32.3 Å². The van der Waals surface area contributed by atoms with Gasteiger partial charge in [0.1, 0.15) is 11.6 Å². The van der Waals surface area contributed by atoms with Crippen molar-refractivity contribution in [3.63, 3.8) is 0 Å². The van der Waals surface area contributed by atoms with E-state index < -0.39 is 11.6 Å². The number of likely N-dealkylation sites (tertiary alicyclic amines) is 1. The van der Waals surface area contributed by atoms with Crippen molar-refractivity contribution in [1.82, 2.24) is 15.5 Å². The average Bonchev–Trinajstić information content (AvgIpc) is 3.03. The predicted octanol–water partition coefficient (Wildman–Crippen LogP) is 2.03. The molecule has 0 bridgehead atoms. The molecule has 1 amide bonds. The second-order valence-corrected chi connectivity index (χ2v) is 5.75. The summed E-state index contributed by atoms with van der Waals surface area (Å²) in [5, 5.41) is 6.35. The molecule has 1 heterocycles. The van der Waals surface area contributed by atoms with Gasteiger partial charge in [0.2, 0.25) is 5.91 Å². The summed E-state index contributed by atoms with van der Waals surface area (Å²) in [6.45, 7) is 5.84. The number of carbonyl (C=O) groups is 1. The molecule has 1 aromatic rings. The first-order chi connectivity index (χ1) is 11.5. The molecular weight excluding hydrogens is 314 g/mol. The van der Waals surface area contributed by atoms with E-state index in [4.69, 9.17) is 0 Å². The molecule has 5 nitrogen and oxygen atoms in total. The average molecular weight is 338 g/mol. The molecule has 0 spiro atoms. The molecule has 7 heteroatoms. The van der Waals surface area contributed by atoms with Gasteiger partial charge in [-0.1, -0.05) is 6.92 Å². The molecule has 132 valence electrons. The molecule has 1 aliphatic heterocycles. The summed E-state index contributed by atoms with van der Waals surface area (Å²) in [5.41, 5.74) is 0.210. The van der Waals surface area contributed by atoms with Crippen molar-refractivity contribution in [1.29, 1.82) is 0 Å². The first-order valence-electron chi connectivity index (χ1n) is 8.30. The number of hydrogen-bond acceptors (Lipinski definition) is 2. The van der Waals surface area contributed by atoms with Crippen molar-refractivity contribution in [3.8, 4) is 0 Å². The van der Waals surface area contributed by atoms with E-state index in [0.717, 1.165) is 31.2 Å². The van der Waals surface area contributed by atoms with Crippen LogP contribution in [-0.2, 0) is 11.3 Å². The Balaban J connectivity index is 1.99. The van der Waals surface area contributed by atoms with E-state index >= 15 is 0 Å². The van der Waals surface area contributed by atoms with Gasteiger partial charge < -0.3 is 15.5 Å². The van der Waals surface area contributed by atoms with Crippen LogP contribution >= 0.6 is 0 Å². The fourth-order valence-electron chi connectivity index (χ4n) is 2.67. The molecule has 2 rings (SSSR count). The van der Waals surface area contributed by atoms with Crippen LogP contribution in [0.4, 0.5) is 8.78 Å². The van der Waals surface area contributed by atoms with Crippen LogP contribution in [0.2, 0.25) is 0 Å². The van der Waals surface area contributed by atoms with Gasteiger partial charge in [-0.15, -0.1) is 0 Å². The lowest BCUT2D eigenvalue weighted by Gasteiger charge is -2.18. The first kappa shape index (κ1) is 18.2. The lowest BCUT2D eigenvalue weighted by Crippen LogP contribution is -2.45. The largest absolute Gasteiger partial charge is 0.357 e. The van der Waals surface area contributed by atoms with Crippen LogP contribution < -0.4 is 10.6 Å². The van der Waals surface area contributed by atoms with Gasteiger partial charge in [-0.25, -0.2) is 13.8 Å². The molecule has 1 unspecified atom stereocenters. The molecule has 1 fully saturated rings. The smallest absolute Gasteiger partial charge is 0.222 e. The van der Waals surface area contributed by atoms with Crippen molar-refractivity contribution < 1.29 is 13.6 Å². The Morgan fingerprint density at radius 3 is 2.88 bits per heavy atom. The summed E-state index contributed by atoms with van der Waals surface area (Å²) in [6.07, 6.45) is 1.34. The molecular formula is C17H24F2N4O. The highest BCUT2D eigenvalue weighted by molar-refractivity contribution is 5.80. The van der Waals surface area contributed by atoms with E-state index in [9.17, 15) is 13.6 Å². The Morgan fingerprint density at radius 1 is 1.38 bits per heavy atom. The second-order valence-electron chi connectivity index (χ2n) is 5.75. The minimum atomic E-state index is -0.482. The van der Waals surface area contributed by atoms with E-state index in [0.29, 0.717) is 25.5 Å². The van der Waals surface area contributed by atoms with E-state index in [-0.39, 0.29) is 24.1 Å². The quantitative estimate of drug-likeness (QED) is 0.638. The number of rotatable bonds is 5. The van der Waals surface area contributed by atoms with E-state index in [2.05, 4.69) is 15.6 Å². The van der Waals surface area contributed by atoms with E-state index in [1.165, 1.54) is 0 Å². The number of nitrogens with zero attached hydrogens (tertiary/aromatic N) is 2. The summed E-state index contributed by atoms with van der Waals surface area (Å²) in [4.78, 5) is 17.9. The number of hydrogen-bond donors (Lipinski definition) is 2. The molecule has 0 saturated carbocycles. The maximum atomic E-state index is 13.7. The van der Waals surface area contributed by atoms with Crippen LogP contribution in [0.25, 0.3) is 0 Å². The van der Waals surface area contributed by atoms with Crippen molar-refractivity contribution in [2.24, 2.45) is 4.99 Å². The number of benzene rings is 1. The lowest BCUT2D eigenvalue weighted by molar-refractivity contribution is -0.129. The molecule has 1 atom stereocenters. The van der Waals surface area contributed by atoms with Crippen molar-refractivity contribution in [2.75, 3.05) is 19.6 Å². The van der Waals surface area contributed by atoms with Crippen LogP contribution in [0.5, 0.6) is 0 Å². The second kappa shape index (κ2) is 8.61. The van der Waals surface area contributed by atoms with Crippen LogP contribution in [0, 0.1) is 11.6 Å². The topological polar surface area (TPSA) is 56.7 Å². The summed E-state index contributed by atoms with van der Waals surface area (Å²) in [6, 6.07) is 3.45. The zero-order chi connectivity index (χ0) is 17.5. The molecule has 24 heavy (non-hydrogen) atoms. The van der Waals surface area contributed by atoms with Crippen LogP contribution in [0.15, 0.2) is 23.2 Å². The van der Waals surface area contributed by atoms with Gasteiger partial charge in [0.15, 0.2) is 5.96 Å². The number of nitrogens with one attached hydrogen (secondary N) is 2. The molecule has 1 aliphatic rings. The molecule has 1 aromatic carbocycles. The third-order valence-corrected chi connectivity index (χ3v) is 3.94. The number of aliphatic imine (C=N–C) groups is 1. The fourth-order valence-corrected chi connectivity index (χ4v) is 2.67. The van der Waals surface area contributed by atoms with Gasteiger partial charge in [0.25, 0.3) is 0 Å². The standard InChI is InChI=1S/C17H24F2N4O/c1-3-16(24)23-8-7-14(11-23)22-17(20-4-2)21-10-12-9-13(18)5-6-15(12)19/h5-6,9,14H,3-4,7-8,10-11H2,1-2H3,(H2,20,21,22). The number of guanidine groups is 1. The van der Waals surface area contributed by atoms with Gasteiger partial charge in [-0.3, -0.25) is 4.79 Å². The summed E-state index contributed by atoms with van der Waals surface area (Å²) in [5.74, 6) is -0.277. The van der Waals surface area contributed by atoms with Gasteiger partial charge in [0, 0.05) is 37.7 Å². The van der Waals surface area contributed by atoms with Gasteiger partial charge >= 0.3 is 0 Å². The van der Waals surface area contributed by atoms with E-state index in [1.54, 1.807) is 0 Å². The Labute approximate surface area is 141 Å². The number of amides is 1. The monoisotopic (exact) mass is 338 g/mol. The molecule has 2 N–H and O–H groups in total. The number of carbonyl (C=O) groups excluding carboxylic acids is 1. The Morgan fingerprint density at radius 2 is 2.17 bits per heavy atom. The number of halogens is 2. The Hall–Kier alpha value is -2.18. The van der Waals surface area contributed by atoms with Crippen molar-refractivity contribution in [2.45, 2.75) is 39.3 Å². The molecule has 0 radical (unpaired) electrons. The first-order valence-corrected chi connectivity index (χ1v) is 8.30. The maximum absolute atomic E-state index is 13.7. The summed E-state index contributed by atoms with van der Waals surface area (Å²) < 4.78 is 26.9. The van der Waals surface area contributed by atoms with E-state index in [1.807, 2.05) is 18.7 Å². The highest BCUT2D eigenvalue weighted by atomic mass is 19.1. The van der Waals surface area contributed by atoms with Gasteiger partial charge in [-0.05, 0) is 31.5 Å². The normalized spacial score (nSPS) is 17.9. The Kier molecular flexibility index (Phi) is 6.52. The van der Waals surface area contributed by atoms with Crippen molar-refractivity contribution in [3.05, 3.63) is 35.4 Å². The SMILES string of the molecule is CCNC(=NCc1cc(F)ccc1F)NC1CCN(C(=O)CC)C1. The predicted molar refractivity (Wildman–Crippen MR) is 89.6 cm³/mol. The fraction of sp³-hybridized carbons (Fsp3) is 0.529. The zero-order valence-corrected chi connectivity index (χ0v) is 14.1.